The number of hydrogen-bond donors (Lipinski definition) is 1. The number of aryl methyl sites for hydroxylation is 1. The number of amides is 1. The van der Waals surface area contributed by atoms with Crippen LogP contribution in [0.5, 0.6) is 0 Å². The van der Waals surface area contributed by atoms with Crippen LogP contribution in [0.15, 0.2) is 42.9 Å². The lowest BCUT2D eigenvalue weighted by Crippen LogP contribution is -2.17. The summed E-state index contributed by atoms with van der Waals surface area (Å²) in [6, 6.07) is 6.29. The summed E-state index contributed by atoms with van der Waals surface area (Å²) < 4.78 is 16.2. The molecule has 25 heavy (non-hydrogen) atoms. The predicted molar refractivity (Wildman–Crippen MR) is 85.5 cm³/mol. The molecule has 0 saturated carbocycles. The van der Waals surface area contributed by atoms with Gasteiger partial charge < -0.3 is 5.32 Å². The minimum Gasteiger partial charge on any atom is -0.318 e. The Balaban J connectivity index is 1.76. The predicted octanol–water partition coefficient (Wildman–Crippen LogP) is 1.96. The number of carbonyl (C=O) groups is 1. The number of nitrogens with one attached hydrogen (secondary N) is 1. The molecule has 2 aromatic heterocycles. The number of hydrogen-bond acceptors (Lipinski definition) is 5. The maximum atomic E-state index is 13.7. The summed E-state index contributed by atoms with van der Waals surface area (Å²) in [5.41, 5.74) is 0.216. The molecule has 1 aromatic carbocycles. The normalized spacial score (nSPS) is 10.6. The van der Waals surface area contributed by atoms with Crippen molar-refractivity contribution in [3.05, 3.63) is 70.0 Å². The molecule has 128 valence electrons. The highest BCUT2D eigenvalue weighted by atomic mass is 19.1. The van der Waals surface area contributed by atoms with E-state index in [1.54, 1.807) is 18.2 Å². The van der Waals surface area contributed by atoms with Crippen LogP contribution >= 0.6 is 0 Å². The van der Waals surface area contributed by atoms with Crippen molar-refractivity contribution in [1.82, 2.24) is 19.6 Å². The molecule has 0 aliphatic carbocycles. The molecule has 0 aliphatic heterocycles. The lowest BCUT2D eigenvalue weighted by Gasteiger charge is -2.04. The SMILES string of the molecule is Cn1ncc([N+](=O)[O-])c1C(=O)Nc1cnn(Cc2ccccc2F)c1. The van der Waals surface area contributed by atoms with Crippen molar-refractivity contribution >= 4 is 17.3 Å². The van der Waals surface area contributed by atoms with E-state index in [2.05, 4.69) is 15.5 Å². The van der Waals surface area contributed by atoms with Crippen LogP contribution in [0.4, 0.5) is 15.8 Å². The molecule has 0 radical (unpaired) electrons. The highest BCUT2D eigenvalue weighted by molar-refractivity contribution is 6.05. The van der Waals surface area contributed by atoms with Crippen molar-refractivity contribution in [2.24, 2.45) is 7.05 Å². The van der Waals surface area contributed by atoms with Gasteiger partial charge in [0.05, 0.1) is 23.4 Å². The Morgan fingerprint density at radius 2 is 2.08 bits per heavy atom. The maximum absolute atomic E-state index is 13.7. The fourth-order valence-electron chi connectivity index (χ4n) is 2.33. The second-order valence-corrected chi connectivity index (χ2v) is 5.23. The van der Waals surface area contributed by atoms with E-state index in [-0.39, 0.29) is 18.1 Å². The van der Waals surface area contributed by atoms with E-state index in [4.69, 9.17) is 0 Å². The summed E-state index contributed by atoms with van der Waals surface area (Å²) >= 11 is 0. The van der Waals surface area contributed by atoms with Crippen molar-refractivity contribution in [3.8, 4) is 0 Å². The Labute approximate surface area is 140 Å². The minimum absolute atomic E-state index is 0.174. The van der Waals surface area contributed by atoms with Gasteiger partial charge in [-0.3, -0.25) is 24.3 Å². The van der Waals surface area contributed by atoms with Crippen molar-refractivity contribution in [1.29, 1.82) is 0 Å². The van der Waals surface area contributed by atoms with Crippen molar-refractivity contribution in [2.75, 3.05) is 5.32 Å². The van der Waals surface area contributed by atoms with Crippen molar-refractivity contribution in [3.63, 3.8) is 0 Å². The molecule has 0 saturated heterocycles. The Hall–Kier alpha value is -3.56. The molecule has 0 fully saturated rings. The summed E-state index contributed by atoms with van der Waals surface area (Å²) in [4.78, 5) is 22.5. The zero-order chi connectivity index (χ0) is 18.0. The molecular weight excluding hydrogens is 331 g/mol. The molecule has 1 amide bonds. The van der Waals surface area contributed by atoms with E-state index in [0.717, 1.165) is 10.9 Å². The van der Waals surface area contributed by atoms with Gasteiger partial charge in [-0.05, 0) is 6.07 Å². The second kappa shape index (κ2) is 6.51. The first kappa shape index (κ1) is 16.3. The van der Waals surface area contributed by atoms with Gasteiger partial charge in [-0.15, -0.1) is 0 Å². The summed E-state index contributed by atoms with van der Waals surface area (Å²) in [6.45, 7) is 0.189. The topological polar surface area (TPSA) is 108 Å². The molecule has 0 atom stereocenters. The van der Waals surface area contributed by atoms with Crippen LogP contribution in [0.25, 0.3) is 0 Å². The first-order chi connectivity index (χ1) is 12.0. The molecule has 9 nitrogen and oxygen atoms in total. The lowest BCUT2D eigenvalue weighted by atomic mass is 10.2. The summed E-state index contributed by atoms with van der Waals surface area (Å²) in [5, 5.41) is 21.2. The molecular formula is C15H13FN6O3. The Bertz CT molecular complexity index is 948. The number of halogens is 1. The molecule has 2 heterocycles. The zero-order valence-electron chi connectivity index (χ0n) is 13.1. The summed E-state index contributed by atoms with van der Waals surface area (Å²) in [7, 11) is 1.43. The largest absolute Gasteiger partial charge is 0.320 e. The highest BCUT2D eigenvalue weighted by Crippen LogP contribution is 2.19. The van der Waals surface area contributed by atoms with Gasteiger partial charge >= 0.3 is 5.69 Å². The molecule has 3 rings (SSSR count). The summed E-state index contributed by atoms with van der Waals surface area (Å²) in [6.07, 6.45) is 3.89. The number of aromatic nitrogens is 4. The molecule has 0 bridgehead atoms. The average molecular weight is 344 g/mol. The summed E-state index contributed by atoms with van der Waals surface area (Å²) in [5.74, 6) is -1.04. The fourth-order valence-corrected chi connectivity index (χ4v) is 2.33. The van der Waals surface area contributed by atoms with Crippen molar-refractivity contribution < 1.29 is 14.1 Å². The van der Waals surface area contributed by atoms with Gasteiger partial charge in [-0.2, -0.15) is 10.2 Å². The Morgan fingerprint density at radius 1 is 1.32 bits per heavy atom. The number of anilines is 1. The van der Waals surface area contributed by atoms with Gasteiger partial charge in [0, 0.05) is 18.8 Å². The van der Waals surface area contributed by atoms with Crippen LogP contribution in [-0.2, 0) is 13.6 Å². The average Bonchev–Trinajstić information content (AvgIpc) is 3.16. The molecule has 3 aromatic rings. The van der Waals surface area contributed by atoms with Gasteiger partial charge in [0.25, 0.3) is 5.91 Å². The monoisotopic (exact) mass is 344 g/mol. The first-order valence-corrected chi connectivity index (χ1v) is 7.19. The fraction of sp³-hybridized carbons (Fsp3) is 0.133. The van der Waals surface area contributed by atoms with Crippen LogP contribution in [0, 0.1) is 15.9 Å². The zero-order valence-corrected chi connectivity index (χ0v) is 13.1. The number of nitrogens with zero attached hydrogens (tertiary/aromatic N) is 5. The number of carbonyl (C=O) groups excluding carboxylic acids is 1. The van der Waals surface area contributed by atoms with Crippen LogP contribution in [0.2, 0.25) is 0 Å². The molecule has 0 unspecified atom stereocenters. The molecule has 0 spiro atoms. The Kier molecular flexibility index (Phi) is 4.25. The minimum atomic E-state index is -0.683. The van der Waals surface area contributed by atoms with E-state index >= 15 is 0 Å². The quantitative estimate of drug-likeness (QED) is 0.562. The van der Waals surface area contributed by atoms with Crippen LogP contribution in [-0.4, -0.2) is 30.4 Å². The Morgan fingerprint density at radius 3 is 2.80 bits per heavy atom. The molecule has 10 heteroatoms. The van der Waals surface area contributed by atoms with Crippen LogP contribution in [0.1, 0.15) is 16.1 Å². The van der Waals surface area contributed by atoms with Gasteiger partial charge in [0.2, 0.25) is 5.69 Å². The van der Waals surface area contributed by atoms with Gasteiger partial charge in [-0.1, -0.05) is 18.2 Å². The molecule has 1 N–H and O–H groups in total. The van der Waals surface area contributed by atoms with E-state index in [1.807, 2.05) is 0 Å². The van der Waals surface area contributed by atoms with E-state index < -0.39 is 16.5 Å². The number of nitro groups is 1. The van der Waals surface area contributed by atoms with E-state index in [9.17, 15) is 19.3 Å². The van der Waals surface area contributed by atoms with Crippen LogP contribution in [0.3, 0.4) is 0 Å². The van der Waals surface area contributed by atoms with Gasteiger partial charge in [0.15, 0.2) is 0 Å². The smallest absolute Gasteiger partial charge is 0.318 e. The van der Waals surface area contributed by atoms with E-state index in [0.29, 0.717) is 11.3 Å². The standard InChI is InChI=1S/C15H13FN6O3/c1-20-14(13(7-17-20)22(24)25)15(23)19-11-6-18-21(9-11)8-10-4-2-3-5-12(10)16/h2-7,9H,8H2,1H3,(H,19,23). The number of rotatable bonds is 5. The second-order valence-electron chi connectivity index (χ2n) is 5.23. The third-order valence-electron chi connectivity index (χ3n) is 3.51. The van der Waals surface area contributed by atoms with Gasteiger partial charge in [0.1, 0.15) is 12.0 Å². The van der Waals surface area contributed by atoms with Crippen molar-refractivity contribution in [2.45, 2.75) is 6.54 Å². The first-order valence-electron chi connectivity index (χ1n) is 7.19. The van der Waals surface area contributed by atoms with E-state index in [1.165, 1.54) is 30.2 Å². The lowest BCUT2D eigenvalue weighted by molar-refractivity contribution is -0.385. The number of benzene rings is 1. The molecule has 0 aliphatic rings. The maximum Gasteiger partial charge on any atom is 0.320 e. The van der Waals surface area contributed by atoms with Crippen LogP contribution < -0.4 is 5.32 Å². The third kappa shape index (κ3) is 3.37. The third-order valence-corrected chi connectivity index (χ3v) is 3.51. The van der Waals surface area contributed by atoms with Gasteiger partial charge in [-0.25, -0.2) is 4.39 Å². The highest BCUT2D eigenvalue weighted by Gasteiger charge is 2.25.